The molecule has 0 unspecified atom stereocenters. The maximum atomic E-state index is 2.37. The molecule has 0 fully saturated rings. The van der Waals surface area contributed by atoms with Crippen LogP contribution in [0, 0.1) is 0 Å². The van der Waals surface area contributed by atoms with Crippen LogP contribution in [0.25, 0.3) is 27.5 Å². The van der Waals surface area contributed by atoms with Gasteiger partial charge in [0, 0.05) is 35.7 Å². The first-order valence-corrected chi connectivity index (χ1v) is 8.59. The number of anilines is 1. The molecule has 4 rings (SSSR count). The van der Waals surface area contributed by atoms with Crippen LogP contribution >= 0.6 is 0 Å². The Morgan fingerprint density at radius 2 is 1.50 bits per heavy atom. The second kappa shape index (κ2) is 6.04. The quantitative estimate of drug-likeness (QED) is 0.474. The Balaban J connectivity index is 2.04. The zero-order valence-electron chi connectivity index (χ0n) is 14.2. The van der Waals surface area contributed by atoms with Gasteiger partial charge in [-0.3, -0.25) is 0 Å². The molecule has 120 valence electrons. The first-order valence-electron chi connectivity index (χ1n) is 8.59. The van der Waals surface area contributed by atoms with Crippen LogP contribution in [0.15, 0.2) is 72.8 Å². The molecule has 4 aromatic rings. The van der Waals surface area contributed by atoms with E-state index in [4.69, 9.17) is 0 Å². The van der Waals surface area contributed by atoms with Gasteiger partial charge in [-0.25, -0.2) is 0 Å². The summed E-state index contributed by atoms with van der Waals surface area (Å²) in [4.78, 5) is 2.33. The highest BCUT2D eigenvalue weighted by Gasteiger charge is 2.13. The molecule has 0 aliphatic heterocycles. The van der Waals surface area contributed by atoms with E-state index in [1.165, 1.54) is 33.2 Å². The summed E-state index contributed by atoms with van der Waals surface area (Å²) in [6, 6.07) is 26.1. The van der Waals surface area contributed by atoms with Gasteiger partial charge in [-0.15, -0.1) is 0 Å². The molecule has 2 nitrogen and oxygen atoms in total. The zero-order chi connectivity index (χ0) is 16.5. The third-order valence-electron chi connectivity index (χ3n) is 4.67. The Labute approximate surface area is 142 Å². The maximum absolute atomic E-state index is 2.37. The Morgan fingerprint density at radius 1 is 0.792 bits per heavy atom. The van der Waals surface area contributed by atoms with E-state index in [1.807, 2.05) is 0 Å². The Morgan fingerprint density at radius 3 is 2.29 bits per heavy atom. The Kier molecular flexibility index (Phi) is 3.73. The molecule has 0 atom stereocenters. The monoisotopic (exact) mass is 314 g/mol. The van der Waals surface area contributed by atoms with Crippen LogP contribution in [0.5, 0.6) is 0 Å². The second-order valence-corrected chi connectivity index (χ2v) is 6.31. The van der Waals surface area contributed by atoms with Crippen LogP contribution in [0.2, 0.25) is 0 Å². The molecule has 0 amide bonds. The predicted octanol–water partition coefficient (Wildman–Crippen LogP) is 5.63. The van der Waals surface area contributed by atoms with Gasteiger partial charge in [0.2, 0.25) is 0 Å². The summed E-state index contributed by atoms with van der Waals surface area (Å²) in [5.74, 6) is 0. The van der Waals surface area contributed by atoms with Crippen LogP contribution in [-0.4, -0.2) is 18.2 Å². The van der Waals surface area contributed by atoms with Crippen molar-refractivity contribution in [2.45, 2.75) is 13.3 Å². The molecule has 0 saturated heterocycles. The molecular weight excluding hydrogens is 292 g/mol. The summed E-state index contributed by atoms with van der Waals surface area (Å²) >= 11 is 0. The van der Waals surface area contributed by atoms with Crippen molar-refractivity contribution in [2.24, 2.45) is 0 Å². The van der Waals surface area contributed by atoms with E-state index in [2.05, 4.69) is 96.2 Å². The fourth-order valence-electron chi connectivity index (χ4n) is 3.52. The predicted molar refractivity (Wildman–Crippen MR) is 104 cm³/mol. The molecule has 1 heterocycles. The highest BCUT2D eigenvalue weighted by atomic mass is 15.1. The highest BCUT2D eigenvalue weighted by molar-refractivity contribution is 6.10. The maximum Gasteiger partial charge on any atom is 0.0561 e. The van der Waals surface area contributed by atoms with Gasteiger partial charge in [-0.1, -0.05) is 49.4 Å². The number of aromatic nitrogens is 1. The SMILES string of the molecule is CCCN(C)c1ccc2c3ccccc3n(-c3ccccc3)c2c1. The van der Waals surface area contributed by atoms with Gasteiger partial charge >= 0.3 is 0 Å². The molecule has 0 bridgehead atoms. The van der Waals surface area contributed by atoms with Crippen molar-refractivity contribution in [3.05, 3.63) is 72.8 Å². The minimum Gasteiger partial charge on any atom is -0.375 e. The van der Waals surface area contributed by atoms with Crippen molar-refractivity contribution in [1.29, 1.82) is 0 Å². The van der Waals surface area contributed by atoms with E-state index in [0.29, 0.717) is 0 Å². The zero-order valence-corrected chi connectivity index (χ0v) is 14.2. The number of para-hydroxylation sites is 2. The molecule has 0 aliphatic carbocycles. The van der Waals surface area contributed by atoms with E-state index >= 15 is 0 Å². The average Bonchev–Trinajstić information content (AvgIpc) is 2.96. The lowest BCUT2D eigenvalue weighted by molar-refractivity contribution is 0.852. The molecule has 1 aromatic heterocycles. The van der Waals surface area contributed by atoms with Crippen LogP contribution in [0.4, 0.5) is 5.69 Å². The van der Waals surface area contributed by atoms with E-state index in [1.54, 1.807) is 0 Å². The summed E-state index contributed by atoms with van der Waals surface area (Å²) in [5.41, 5.74) is 5.00. The average molecular weight is 314 g/mol. The van der Waals surface area contributed by atoms with Gasteiger partial charge in [0.1, 0.15) is 0 Å². The topological polar surface area (TPSA) is 8.17 Å². The van der Waals surface area contributed by atoms with Gasteiger partial charge in [-0.05, 0) is 36.8 Å². The summed E-state index contributed by atoms with van der Waals surface area (Å²) in [6.45, 7) is 3.28. The molecule has 0 aliphatic rings. The molecule has 0 saturated carbocycles. The lowest BCUT2D eigenvalue weighted by Gasteiger charge is -2.19. The van der Waals surface area contributed by atoms with Gasteiger partial charge in [0.15, 0.2) is 0 Å². The minimum absolute atomic E-state index is 1.07. The van der Waals surface area contributed by atoms with Crippen LogP contribution < -0.4 is 4.90 Å². The van der Waals surface area contributed by atoms with E-state index in [0.717, 1.165) is 13.0 Å². The number of fused-ring (bicyclic) bond motifs is 3. The van der Waals surface area contributed by atoms with Gasteiger partial charge in [-0.2, -0.15) is 0 Å². The van der Waals surface area contributed by atoms with Crippen molar-refractivity contribution < 1.29 is 0 Å². The number of hydrogen-bond donors (Lipinski definition) is 0. The van der Waals surface area contributed by atoms with E-state index in [9.17, 15) is 0 Å². The molecule has 0 N–H and O–H groups in total. The fourth-order valence-corrected chi connectivity index (χ4v) is 3.52. The van der Waals surface area contributed by atoms with Crippen LogP contribution in [0.1, 0.15) is 13.3 Å². The summed E-state index contributed by atoms with van der Waals surface area (Å²) in [7, 11) is 2.17. The van der Waals surface area contributed by atoms with Crippen molar-refractivity contribution >= 4 is 27.5 Å². The molecule has 3 aromatic carbocycles. The number of benzene rings is 3. The molecule has 0 spiro atoms. The Bertz CT molecular complexity index is 983. The number of nitrogens with zero attached hydrogens (tertiary/aromatic N) is 2. The Hall–Kier alpha value is -2.74. The first-order chi connectivity index (χ1) is 11.8. The van der Waals surface area contributed by atoms with Gasteiger partial charge < -0.3 is 9.47 Å². The number of hydrogen-bond acceptors (Lipinski definition) is 1. The lowest BCUT2D eigenvalue weighted by atomic mass is 10.1. The van der Waals surface area contributed by atoms with Crippen LogP contribution in [0.3, 0.4) is 0 Å². The van der Waals surface area contributed by atoms with Crippen molar-refractivity contribution in [3.8, 4) is 5.69 Å². The number of rotatable bonds is 4. The van der Waals surface area contributed by atoms with Crippen molar-refractivity contribution in [1.82, 2.24) is 4.57 Å². The van der Waals surface area contributed by atoms with Gasteiger partial charge in [0.25, 0.3) is 0 Å². The van der Waals surface area contributed by atoms with Crippen molar-refractivity contribution in [3.63, 3.8) is 0 Å². The van der Waals surface area contributed by atoms with Crippen LogP contribution in [-0.2, 0) is 0 Å². The third kappa shape index (κ3) is 2.35. The smallest absolute Gasteiger partial charge is 0.0561 e. The molecule has 0 radical (unpaired) electrons. The van der Waals surface area contributed by atoms with E-state index in [-0.39, 0.29) is 0 Å². The standard InChI is InChI=1S/C22H22N2/c1-3-15-23(2)18-13-14-20-19-11-7-8-12-21(19)24(22(20)16-18)17-9-5-4-6-10-17/h4-14,16H,3,15H2,1-2H3. The highest BCUT2D eigenvalue weighted by Crippen LogP contribution is 2.34. The third-order valence-corrected chi connectivity index (χ3v) is 4.67. The summed E-state index contributed by atoms with van der Waals surface area (Å²) < 4.78 is 2.37. The minimum atomic E-state index is 1.07. The molecular formula is C22H22N2. The first kappa shape index (κ1) is 14.8. The summed E-state index contributed by atoms with van der Waals surface area (Å²) in [5, 5.41) is 2.61. The van der Waals surface area contributed by atoms with E-state index < -0.39 is 0 Å². The molecule has 24 heavy (non-hydrogen) atoms. The summed E-state index contributed by atoms with van der Waals surface area (Å²) in [6.07, 6.45) is 1.15. The molecule has 2 heteroatoms. The second-order valence-electron chi connectivity index (χ2n) is 6.31. The lowest BCUT2D eigenvalue weighted by Crippen LogP contribution is -2.17. The normalized spacial score (nSPS) is 11.2. The largest absolute Gasteiger partial charge is 0.375 e. The fraction of sp³-hybridized carbons (Fsp3) is 0.182. The van der Waals surface area contributed by atoms with Gasteiger partial charge in [0.05, 0.1) is 11.0 Å². The van der Waals surface area contributed by atoms with Crippen molar-refractivity contribution in [2.75, 3.05) is 18.5 Å².